The number of nitrogens with one attached hydrogen (secondary N) is 2. The summed E-state index contributed by atoms with van der Waals surface area (Å²) in [4.78, 5) is 11.8. The van der Waals surface area contributed by atoms with Crippen LogP contribution < -0.4 is 10.0 Å². The molecule has 3 aromatic rings. The van der Waals surface area contributed by atoms with Crippen LogP contribution in [-0.2, 0) is 14.8 Å². The minimum absolute atomic E-state index is 0.149. The number of anilines is 1. The highest BCUT2D eigenvalue weighted by atomic mass is 32.2. The third-order valence-electron chi connectivity index (χ3n) is 4.21. The molecule has 0 fully saturated rings. The number of amides is 1. The maximum absolute atomic E-state index is 13.0. The Balaban J connectivity index is 1.90. The molecule has 0 aliphatic heterocycles. The fourth-order valence-electron chi connectivity index (χ4n) is 2.56. The molecular weight excluding hydrogens is 408 g/mol. The fourth-order valence-corrected chi connectivity index (χ4v) is 4.69. The Kier molecular flexibility index (Phi) is 6.41. The Labute approximate surface area is 174 Å². The van der Waals surface area contributed by atoms with Crippen LogP contribution in [0.3, 0.4) is 0 Å². The van der Waals surface area contributed by atoms with Crippen LogP contribution >= 0.6 is 11.3 Å². The van der Waals surface area contributed by atoms with Crippen LogP contribution in [0, 0.1) is 12.8 Å². The van der Waals surface area contributed by atoms with Crippen LogP contribution in [-0.4, -0.2) is 24.5 Å². The molecule has 0 saturated carbocycles. The number of sulfonamides is 1. The van der Waals surface area contributed by atoms with Gasteiger partial charge in [0.25, 0.3) is 10.0 Å². The Hall–Kier alpha value is -2.62. The normalized spacial score (nSPS) is 12.7. The Morgan fingerprint density at radius 1 is 0.966 bits per heavy atom. The Morgan fingerprint density at radius 2 is 1.59 bits per heavy atom. The minimum Gasteiger partial charge on any atom is -0.300 e. The van der Waals surface area contributed by atoms with Gasteiger partial charge in [0.1, 0.15) is 0 Å². The van der Waals surface area contributed by atoms with Gasteiger partial charge in [0.15, 0.2) is 0 Å². The highest BCUT2D eigenvalue weighted by molar-refractivity contribution is 7.91. The smallest absolute Gasteiger partial charge is 0.270 e. The molecule has 3 rings (SSSR count). The van der Waals surface area contributed by atoms with Crippen molar-refractivity contribution in [1.82, 2.24) is 14.9 Å². The molecule has 1 amide bonds. The molecule has 29 heavy (non-hydrogen) atoms. The SMILES string of the molecule is Cc1ccc([C@H](NS(=O)(=O)c2nnc(NC(=O)C(C)C)s2)c2ccccc2)cc1. The van der Waals surface area contributed by atoms with Gasteiger partial charge in [-0.3, -0.25) is 4.79 Å². The summed E-state index contributed by atoms with van der Waals surface area (Å²) >= 11 is 0.816. The van der Waals surface area contributed by atoms with Crippen LogP contribution in [0.5, 0.6) is 0 Å². The number of hydrogen-bond acceptors (Lipinski definition) is 6. The van der Waals surface area contributed by atoms with Crippen molar-refractivity contribution in [3.05, 3.63) is 71.3 Å². The molecule has 0 aliphatic rings. The maximum atomic E-state index is 13.0. The lowest BCUT2D eigenvalue weighted by Crippen LogP contribution is -2.29. The number of carbonyl (C=O) groups excluding carboxylic acids is 1. The second kappa shape index (κ2) is 8.81. The van der Waals surface area contributed by atoms with Crippen molar-refractivity contribution in [2.75, 3.05) is 5.32 Å². The molecule has 152 valence electrons. The van der Waals surface area contributed by atoms with Gasteiger partial charge in [-0.05, 0) is 18.1 Å². The minimum atomic E-state index is -3.96. The van der Waals surface area contributed by atoms with Crippen LogP contribution in [0.1, 0.15) is 36.6 Å². The first-order chi connectivity index (χ1) is 13.8. The molecule has 1 atom stereocenters. The lowest BCUT2D eigenvalue weighted by molar-refractivity contribution is -0.118. The molecule has 0 radical (unpaired) electrons. The largest absolute Gasteiger partial charge is 0.300 e. The molecule has 1 aromatic heterocycles. The molecule has 0 bridgehead atoms. The first-order valence-corrected chi connectivity index (χ1v) is 11.3. The highest BCUT2D eigenvalue weighted by Crippen LogP contribution is 2.27. The van der Waals surface area contributed by atoms with Crippen molar-refractivity contribution >= 4 is 32.4 Å². The average Bonchev–Trinajstić information content (AvgIpc) is 3.17. The summed E-state index contributed by atoms with van der Waals surface area (Å²) in [7, 11) is -3.96. The quantitative estimate of drug-likeness (QED) is 0.559. The summed E-state index contributed by atoms with van der Waals surface area (Å²) in [6.45, 7) is 5.45. The maximum Gasteiger partial charge on any atom is 0.270 e. The molecule has 0 unspecified atom stereocenters. The van der Waals surface area contributed by atoms with Gasteiger partial charge in [0, 0.05) is 5.92 Å². The molecule has 7 nitrogen and oxygen atoms in total. The summed E-state index contributed by atoms with van der Waals surface area (Å²) in [5.74, 6) is -0.499. The van der Waals surface area contributed by atoms with Gasteiger partial charge < -0.3 is 5.32 Å². The van der Waals surface area contributed by atoms with Crippen molar-refractivity contribution < 1.29 is 13.2 Å². The fraction of sp³-hybridized carbons (Fsp3) is 0.250. The van der Waals surface area contributed by atoms with E-state index in [4.69, 9.17) is 0 Å². The van der Waals surface area contributed by atoms with Crippen LogP contribution in [0.4, 0.5) is 5.13 Å². The van der Waals surface area contributed by atoms with Gasteiger partial charge in [0.2, 0.25) is 15.4 Å². The monoisotopic (exact) mass is 430 g/mol. The second-order valence-corrected chi connectivity index (χ2v) is 9.76. The van der Waals surface area contributed by atoms with Gasteiger partial charge in [0.05, 0.1) is 6.04 Å². The number of carbonyl (C=O) groups is 1. The van der Waals surface area contributed by atoms with Crippen molar-refractivity contribution in [2.24, 2.45) is 5.92 Å². The van der Waals surface area contributed by atoms with E-state index in [0.717, 1.165) is 28.0 Å². The van der Waals surface area contributed by atoms with Gasteiger partial charge in [-0.25, -0.2) is 8.42 Å². The van der Waals surface area contributed by atoms with Gasteiger partial charge >= 0.3 is 0 Å². The average molecular weight is 431 g/mol. The molecule has 0 saturated heterocycles. The zero-order valence-corrected chi connectivity index (χ0v) is 17.9. The van der Waals surface area contributed by atoms with E-state index in [1.165, 1.54) is 0 Å². The van der Waals surface area contributed by atoms with E-state index < -0.39 is 16.1 Å². The van der Waals surface area contributed by atoms with E-state index in [1.807, 2.05) is 61.5 Å². The Morgan fingerprint density at radius 3 is 2.21 bits per heavy atom. The Bertz CT molecular complexity index is 1080. The molecule has 0 spiro atoms. The predicted octanol–water partition coefficient (Wildman–Crippen LogP) is 3.51. The standard InChI is InChI=1S/C20H22N4O3S2/c1-13(2)18(25)21-19-22-23-20(28-19)29(26,27)24-17(15-7-5-4-6-8-15)16-11-9-14(3)10-12-16/h4-13,17,24H,1-3H3,(H,21,22,25)/t17-/m1/s1. The number of aryl methyl sites for hydroxylation is 1. The van der Waals surface area contributed by atoms with Gasteiger partial charge in [-0.1, -0.05) is 85.3 Å². The first-order valence-electron chi connectivity index (χ1n) is 9.04. The van der Waals surface area contributed by atoms with Crippen molar-refractivity contribution in [2.45, 2.75) is 31.2 Å². The number of aromatic nitrogens is 2. The van der Waals surface area contributed by atoms with Crippen molar-refractivity contribution in [1.29, 1.82) is 0 Å². The molecule has 0 aliphatic carbocycles. The predicted molar refractivity (Wildman–Crippen MR) is 113 cm³/mol. The third-order valence-corrected chi connectivity index (χ3v) is 6.84. The zero-order chi connectivity index (χ0) is 21.0. The molecular formula is C20H22N4O3S2. The van der Waals surface area contributed by atoms with E-state index in [-0.39, 0.29) is 21.3 Å². The van der Waals surface area contributed by atoms with E-state index in [1.54, 1.807) is 13.8 Å². The number of nitrogens with zero attached hydrogens (tertiary/aromatic N) is 2. The van der Waals surface area contributed by atoms with Crippen molar-refractivity contribution in [3.63, 3.8) is 0 Å². The topological polar surface area (TPSA) is 101 Å². The molecule has 1 heterocycles. The van der Waals surface area contributed by atoms with Gasteiger partial charge in [-0.2, -0.15) is 4.72 Å². The summed E-state index contributed by atoms with van der Waals surface area (Å²) in [6, 6.07) is 16.4. The zero-order valence-electron chi connectivity index (χ0n) is 16.3. The van der Waals surface area contributed by atoms with Crippen LogP contribution in [0.15, 0.2) is 58.9 Å². The lowest BCUT2D eigenvalue weighted by atomic mass is 9.99. The molecule has 2 N–H and O–H groups in total. The summed E-state index contributed by atoms with van der Waals surface area (Å²) < 4.78 is 28.5. The summed E-state index contributed by atoms with van der Waals surface area (Å²) in [5, 5.41) is 10.3. The second-order valence-electron chi connectivity index (χ2n) is 6.89. The van der Waals surface area contributed by atoms with Crippen LogP contribution in [0.2, 0.25) is 0 Å². The number of rotatable bonds is 7. The number of benzene rings is 2. The molecule has 9 heteroatoms. The highest BCUT2D eigenvalue weighted by Gasteiger charge is 2.27. The summed E-state index contributed by atoms with van der Waals surface area (Å²) in [5.41, 5.74) is 2.69. The van der Waals surface area contributed by atoms with E-state index in [9.17, 15) is 13.2 Å². The summed E-state index contributed by atoms with van der Waals surface area (Å²) in [6.07, 6.45) is 0. The third kappa shape index (κ3) is 5.26. The lowest BCUT2D eigenvalue weighted by Gasteiger charge is -2.19. The van der Waals surface area contributed by atoms with Crippen molar-refractivity contribution in [3.8, 4) is 0 Å². The van der Waals surface area contributed by atoms with E-state index >= 15 is 0 Å². The van der Waals surface area contributed by atoms with E-state index in [2.05, 4.69) is 20.2 Å². The first kappa shape index (κ1) is 21.1. The number of hydrogen-bond donors (Lipinski definition) is 2. The van der Waals surface area contributed by atoms with Crippen LogP contribution in [0.25, 0.3) is 0 Å². The molecule has 2 aromatic carbocycles. The van der Waals surface area contributed by atoms with E-state index in [0.29, 0.717) is 0 Å². The van der Waals surface area contributed by atoms with Gasteiger partial charge in [-0.15, -0.1) is 10.2 Å².